The minimum absolute atomic E-state index is 0.0464. The van der Waals surface area contributed by atoms with Gasteiger partial charge in [0.25, 0.3) is 0 Å². The smallest absolute Gasteiger partial charge is 0.243 e. The quantitative estimate of drug-likeness (QED) is 0.775. The van der Waals surface area contributed by atoms with Crippen molar-refractivity contribution < 1.29 is 17.9 Å². The molecule has 0 N–H and O–H groups in total. The molecular weight excluding hydrogens is 364 g/mol. The average Bonchev–Trinajstić information content (AvgIpc) is 3.15. The molecule has 2 aliphatic rings. The first kappa shape index (κ1) is 18.6. The summed E-state index contributed by atoms with van der Waals surface area (Å²) in [5.41, 5.74) is -0.0441. The number of halogens is 1. The molecule has 2 fully saturated rings. The van der Waals surface area contributed by atoms with Crippen LogP contribution in [0, 0.1) is 12.3 Å². The monoisotopic (exact) mass is 386 g/mol. The molecule has 2 heterocycles. The van der Waals surface area contributed by atoms with Crippen molar-refractivity contribution in [1.82, 2.24) is 9.21 Å². The van der Waals surface area contributed by atoms with E-state index < -0.39 is 15.4 Å². The maximum Gasteiger partial charge on any atom is 0.243 e. The predicted molar refractivity (Wildman–Crippen MR) is 95.1 cm³/mol. The van der Waals surface area contributed by atoms with Gasteiger partial charge in [0.05, 0.1) is 16.9 Å². The molecular formula is C17H23ClN2O4S. The molecule has 8 heteroatoms. The topological polar surface area (TPSA) is 66.9 Å². The van der Waals surface area contributed by atoms with Crippen LogP contribution in [0.25, 0.3) is 0 Å². The van der Waals surface area contributed by atoms with Crippen LogP contribution in [0.3, 0.4) is 0 Å². The molecule has 0 aromatic heterocycles. The zero-order valence-corrected chi connectivity index (χ0v) is 16.1. The Morgan fingerprint density at radius 3 is 2.72 bits per heavy atom. The lowest BCUT2D eigenvalue weighted by atomic mass is 9.86. The number of hydrogen-bond acceptors (Lipinski definition) is 4. The standard InChI is InChI=1S/C17H23ClN2O4S/c1-13-14(18)4-3-5-15(13)25(22,23)20-9-7-17(12-20)6-8-19(16(17)21)10-11-24-2/h3-5H,6-12H2,1-2H3. The van der Waals surface area contributed by atoms with Gasteiger partial charge >= 0.3 is 0 Å². The highest BCUT2D eigenvalue weighted by molar-refractivity contribution is 7.89. The molecule has 0 aliphatic carbocycles. The molecule has 25 heavy (non-hydrogen) atoms. The minimum atomic E-state index is -3.66. The van der Waals surface area contributed by atoms with Gasteiger partial charge in [-0.05, 0) is 37.5 Å². The molecule has 3 rings (SSSR count). The average molecular weight is 387 g/mol. The van der Waals surface area contributed by atoms with Crippen LogP contribution in [0.15, 0.2) is 23.1 Å². The van der Waals surface area contributed by atoms with Gasteiger partial charge in [-0.3, -0.25) is 4.79 Å². The van der Waals surface area contributed by atoms with Crippen molar-refractivity contribution in [3.63, 3.8) is 0 Å². The molecule has 138 valence electrons. The summed E-state index contributed by atoms with van der Waals surface area (Å²) in [6.45, 7) is 4.01. The maximum absolute atomic E-state index is 13.0. The van der Waals surface area contributed by atoms with Crippen LogP contribution in [0.5, 0.6) is 0 Å². The normalized spacial score (nSPS) is 24.6. The summed E-state index contributed by atoms with van der Waals surface area (Å²) in [5.74, 6) is 0.0464. The Morgan fingerprint density at radius 2 is 2.00 bits per heavy atom. The number of sulfonamides is 1. The fourth-order valence-corrected chi connectivity index (χ4v) is 5.74. The third-order valence-corrected chi connectivity index (χ3v) is 7.72. The molecule has 2 saturated heterocycles. The summed E-state index contributed by atoms with van der Waals surface area (Å²) in [5, 5.41) is 0.428. The van der Waals surface area contributed by atoms with Crippen molar-refractivity contribution in [3.8, 4) is 0 Å². The van der Waals surface area contributed by atoms with Gasteiger partial charge in [0.1, 0.15) is 0 Å². The molecule has 1 aromatic carbocycles. The largest absolute Gasteiger partial charge is 0.383 e. The van der Waals surface area contributed by atoms with Crippen LogP contribution < -0.4 is 0 Å². The third kappa shape index (κ3) is 3.18. The van der Waals surface area contributed by atoms with Crippen LogP contribution in [-0.4, -0.2) is 63.4 Å². The fraction of sp³-hybridized carbons (Fsp3) is 0.588. The van der Waals surface area contributed by atoms with Crippen molar-refractivity contribution in [2.24, 2.45) is 5.41 Å². The summed E-state index contributed by atoms with van der Waals surface area (Å²) in [6.07, 6.45) is 1.25. The SMILES string of the molecule is COCCN1CCC2(CCN(S(=O)(=O)c3cccc(Cl)c3C)C2)C1=O. The van der Waals surface area contributed by atoms with Gasteiger partial charge in [-0.25, -0.2) is 8.42 Å². The van der Waals surface area contributed by atoms with E-state index in [2.05, 4.69) is 0 Å². The predicted octanol–water partition coefficient (Wildman–Crippen LogP) is 1.91. The van der Waals surface area contributed by atoms with Crippen molar-refractivity contribution in [3.05, 3.63) is 28.8 Å². The maximum atomic E-state index is 13.0. The number of carbonyl (C=O) groups excluding carboxylic acids is 1. The van der Waals surface area contributed by atoms with E-state index in [1.807, 2.05) is 0 Å². The lowest BCUT2D eigenvalue weighted by Gasteiger charge is -2.24. The second kappa shape index (κ2) is 6.87. The van der Waals surface area contributed by atoms with Crippen molar-refractivity contribution in [1.29, 1.82) is 0 Å². The van der Waals surface area contributed by atoms with Gasteiger partial charge in [-0.15, -0.1) is 0 Å². The number of rotatable bonds is 5. The van der Waals surface area contributed by atoms with Crippen molar-refractivity contribution in [2.75, 3.05) is 39.9 Å². The second-order valence-electron chi connectivity index (χ2n) is 6.77. The zero-order valence-electron chi connectivity index (χ0n) is 14.5. The van der Waals surface area contributed by atoms with E-state index >= 15 is 0 Å². The first-order valence-corrected chi connectivity index (χ1v) is 10.2. The zero-order chi connectivity index (χ0) is 18.2. The van der Waals surface area contributed by atoms with Gasteiger partial charge in [0, 0.05) is 38.3 Å². The number of carbonyl (C=O) groups is 1. The first-order chi connectivity index (χ1) is 11.8. The van der Waals surface area contributed by atoms with Crippen molar-refractivity contribution >= 4 is 27.5 Å². The second-order valence-corrected chi connectivity index (χ2v) is 9.08. The number of methoxy groups -OCH3 is 1. The molecule has 2 aliphatic heterocycles. The van der Waals surface area contributed by atoms with E-state index in [0.717, 1.165) is 0 Å². The fourth-order valence-electron chi connectivity index (χ4n) is 3.73. The van der Waals surface area contributed by atoms with E-state index in [1.54, 1.807) is 37.1 Å². The number of amides is 1. The first-order valence-electron chi connectivity index (χ1n) is 8.35. The molecule has 0 saturated carbocycles. The molecule has 1 spiro atoms. The van der Waals surface area contributed by atoms with Crippen LogP contribution in [0.2, 0.25) is 5.02 Å². The lowest BCUT2D eigenvalue weighted by Crippen LogP contribution is -2.39. The van der Waals surface area contributed by atoms with E-state index in [0.29, 0.717) is 49.7 Å². The van der Waals surface area contributed by atoms with Gasteiger partial charge in [-0.1, -0.05) is 17.7 Å². The Balaban J connectivity index is 1.81. The third-order valence-electron chi connectivity index (χ3n) is 5.32. The van der Waals surface area contributed by atoms with E-state index in [9.17, 15) is 13.2 Å². The lowest BCUT2D eigenvalue weighted by molar-refractivity contribution is -0.135. The Morgan fingerprint density at radius 1 is 1.28 bits per heavy atom. The summed E-state index contributed by atoms with van der Waals surface area (Å²) in [7, 11) is -2.06. The summed E-state index contributed by atoms with van der Waals surface area (Å²) < 4.78 is 32.5. The van der Waals surface area contributed by atoms with Gasteiger partial charge < -0.3 is 9.64 Å². The van der Waals surface area contributed by atoms with E-state index in [1.165, 1.54) is 4.31 Å². The molecule has 1 aromatic rings. The molecule has 1 amide bonds. The highest BCUT2D eigenvalue weighted by Gasteiger charge is 2.52. The van der Waals surface area contributed by atoms with Crippen LogP contribution in [0.1, 0.15) is 18.4 Å². The van der Waals surface area contributed by atoms with Crippen LogP contribution in [0.4, 0.5) is 0 Å². The number of benzene rings is 1. The van der Waals surface area contributed by atoms with Crippen LogP contribution >= 0.6 is 11.6 Å². The molecule has 1 unspecified atom stereocenters. The Bertz CT molecular complexity index is 783. The Kier molecular flexibility index (Phi) is 5.12. The van der Waals surface area contributed by atoms with Crippen molar-refractivity contribution in [2.45, 2.75) is 24.7 Å². The number of nitrogens with zero attached hydrogens (tertiary/aromatic N) is 2. The minimum Gasteiger partial charge on any atom is -0.383 e. The molecule has 0 bridgehead atoms. The Hall–Kier alpha value is -1.15. The number of likely N-dealkylation sites (tertiary alicyclic amines) is 1. The number of hydrogen-bond donors (Lipinski definition) is 0. The molecule has 1 atom stereocenters. The summed E-state index contributed by atoms with van der Waals surface area (Å²) >= 11 is 6.08. The van der Waals surface area contributed by atoms with Gasteiger partial charge in [0.15, 0.2) is 0 Å². The van der Waals surface area contributed by atoms with E-state index in [-0.39, 0.29) is 17.3 Å². The Labute approximate surface area is 153 Å². The summed E-state index contributed by atoms with van der Waals surface area (Å²) in [6, 6.07) is 4.89. The van der Waals surface area contributed by atoms with Gasteiger partial charge in [0.2, 0.25) is 15.9 Å². The van der Waals surface area contributed by atoms with Gasteiger partial charge in [-0.2, -0.15) is 4.31 Å². The highest BCUT2D eigenvalue weighted by Crippen LogP contribution is 2.42. The van der Waals surface area contributed by atoms with Crippen LogP contribution in [-0.2, 0) is 19.6 Å². The molecule has 0 radical (unpaired) electrons. The number of ether oxygens (including phenoxy) is 1. The summed E-state index contributed by atoms with van der Waals surface area (Å²) in [4.78, 5) is 14.8. The molecule has 6 nitrogen and oxygen atoms in total. The van der Waals surface area contributed by atoms with E-state index in [4.69, 9.17) is 16.3 Å². The highest BCUT2D eigenvalue weighted by atomic mass is 35.5.